The molecule has 4 nitrogen and oxygen atoms in total. The van der Waals surface area contributed by atoms with E-state index < -0.39 is 0 Å². The van der Waals surface area contributed by atoms with Crippen LogP contribution in [0.1, 0.15) is 25.8 Å². The van der Waals surface area contributed by atoms with Gasteiger partial charge in [0.25, 0.3) is 0 Å². The van der Waals surface area contributed by atoms with Crippen LogP contribution in [0.4, 0.5) is 5.82 Å². The zero-order valence-corrected chi connectivity index (χ0v) is 12.2. The zero-order chi connectivity index (χ0) is 13.3. The number of aromatic nitrogens is 1. The van der Waals surface area contributed by atoms with Crippen molar-refractivity contribution in [3.63, 3.8) is 0 Å². The van der Waals surface area contributed by atoms with Gasteiger partial charge >= 0.3 is 0 Å². The Morgan fingerprint density at radius 3 is 2.94 bits per heavy atom. The number of hydrogen-bond donors (Lipinski definition) is 1. The monoisotopic (exact) mass is 308 g/mol. The predicted octanol–water partition coefficient (Wildman–Crippen LogP) is 2.28. The van der Waals surface area contributed by atoms with Crippen molar-refractivity contribution >= 4 is 21.7 Å². The minimum atomic E-state index is 0.0414. The van der Waals surface area contributed by atoms with E-state index in [-0.39, 0.29) is 11.5 Å². The Labute approximate surface area is 116 Å². The molecule has 1 aromatic heterocycles. The van der Waals surface area contributed by atoms with Gasteiger partial charge in [-0.05, 0) is 33.8 Å². The lowest BCUT2D eigenvalue weighted by Crippen LogP contribution is -2.52. The van der Waals surface area contributed by atoms with Crippen LogP contribution in [0.25, 0.3) is 0 Å². The normalized spacial score (nSPS) is 22.6. The summed E-state index contributed by atoms with van der Waals surface area (Å²) in [6.45, 7) is 6.01. The van der Waals surface area contributed by atoms with Gasteiger partial charge in [-0.2, -0.15) is 5.26 Å². The van der Waals surface area contributed by atoms with E-state index in [1.807, 2.05) is 6.07 Å². The largest absolute Gasteiger partial charge is 0.355 e. The first-order valence-electron chi connectivity index (χ1n) is 6.00. The van der Waals surface area contributed by atoms with E-state index in [9.17, 15) is 5.26 Å². The Morgan fingerprint density at radius 2 is 2.33 bits per heavy atom. The lowest BCUT2D eigenvalue weighted by molar-refractivity contribution is 0.244. The van der Waals surface area contributed by atoms with Crippen LogP contribution in [0.5, 0.6) is 0 Å². The van der Waals surface area contributed by atoms with Crippen LogP contribution in [-0.4, -0.2) is 24.1 Å². The Morgan fingerprint density at radius 1 is 1.61 bits per heavy atom. The molecular formula is C13H17BrN4. The molecule has 1 fully saturated rings. The zero-order valence-electron chi connectivity index (χ0n) is 10.7. The molecule has 18 heavy (non-hydrogen) atoms. The number of pyridine rings is 1. The molecule has 0 spiro atoms. The number of piperidine rings is 1. The molecule has 0 amide bonds. The van der Waals surface area contributed by atoms with Crippen molar-refractivity contribution in [2.24, 2.45) is 11.1 Å². The van der Waals surface area contributed by atoms with E-state index in [0.717, 1.165) is 29.8 Å². The smallest absolute Gasteiger partial charge is 0.146 e. The molecular weight excluding hydrogens is 292 g/mol. The number of nitrogens with zero attached hydrogens (tertiary/aromatic N) is 3. The van der Waals surface area contributed by atoms with E-state index in [1.165, 1.54) is 0 Å². The van der Waals surface area contributed by atoms with Crippen LogP contribution >= 0.6 is 15.9 Å². The molecule has 1 aromatic rings. The van der Waals surface area contributed by atoms with Gasteiger partial charge in [-0.1, -0.05) is 13.8 Å². The second-order valence-corrected chi connectivity index (χ2v) is 6.36. The van der Waals surface area contributed by atoms with Gasteiger partial charge in [0.15, 0.2) is 0 Å². The van der Waals surface area contributed by atoms with Crippen LogP contribution in [0.2, 0.25) is 0 Å². The van der Waals surface area contributed by atoms with Gasteiger partial charge in [-0.25, -0.2) is 4.98 Å². The van der Waals surface area contributed by atoms with Crippen molar-refractivity contribution in [2.45, 2.75) is 26.3 Å². The second kappa shape index (κ2) is 4.87. The molecule has 0 aromatic carbocycles. The van der Waals surface area contributed by atoms with Gasteiger partial charge in [0.1, 0.15) is 11.9 Å². The summed E-state index contributed by atoms with van der Waals surface area (Å²) in [6, 6.07) is 4.22. The number of anilines is 1. The third-order valence-corrected chi connectivity index (χ3v) is 4.00. The molecule has 0 bridgehead atoms. The fourth-order valence-electron chi connectivity index (χ4n) is 2.32. The van der Waals surface area contributed by atoms with Crippen LogP contribution in [0, 0.1) is 16.7 Å². The number of hydrogen-bond acceptors (Lipinski definition) is 4. The molecule has 96 valence electrons. The SMILES string of the molecule is CC1(C)CN(c2ncc(Br)cc2C#N)CCC1N. The highest BCUT2D eigenvalue weighted by Crippen LogP contribution is 2.31. The molecule has 1 unspecified atom stereocenters. The van der Waals surface area contributed by atoms with E-state index in [4.69, 9.17) is 5.73 Å². The van der Waals surface area contributed by atoms with Crippen LogP contribution in [0.15, 0.2) is 16.7 Å². The average molecular weight is 309 g/mol. The van der Waals surface area contributed by atoms with Crippen LogP contribution in [-0.2, 0) is 0 Å². The Hall–Kier alpha value is -1.12. The number of rotatable bonds is 1. The van der Waals surface area contributed by atoms with Crippen molar-refractivity contribution in [2.75, 3.05) is 18.0 Å². The molecule has 0 saturated carbocycles. The summed E-state index contributed by atoms with van der Waals surface area (Å²) in [5, 5.41) is 9.19. The van der Waals surface area contributed by atoms with Crippen LogP contribution in [0.3, 0.4) is 0 Å². The Balaban J connectivity index is 2.31. The van der Waals surface area contributed by atoms with Crippen molar-refractivity contribution < 1.29 is 0 Å². The molecule has 2 heterocycles. The third kappa shape index (κ3) is 2.50. The Kier molecular flexibility index (Phi) is 3.60. The van der Waals surface area contributed by atoms with E-state index in [0.29, 0.717) is 5.56 Å². The number of halogens is 1. The minimum absolute atomic E-state index is 0.0414. The first-order valence-corrected chi connectivity index (χ1v) is 6.79. The molecule has 1 aliphatic heterocycles. The van der Waals surface area contributed by atoms with Gasteiger partial charge in [-0.3, -0.25) is 0 Å². The summed E-state index contributed by atoms with van der Waals surface area (Å²) in [5.41, 5.74) is 6.78. The van der Waals surface area contributed by atoms with Gasteiger partial charge in [0.2, 0.25) is 0 Å². The van der Waals surface area contributed by atoms with E-state index in [1.54, 1.807) is 6.20 Å². The van der Waals surface area contributed by atoms with Crippen LogP contribution < -0.4 is 10.6 Å². The molecule has 1 atom stereocenters. The molecule has 1 saturated heterocycles. The molecule has 0 radical (unpaired) electrons. The first kappa shape index (κ1) is 13.3. The average Bonchev–Trinajstić information content (AvgIpc) is 2.32. The summed E-state index contributed by atoms with van der Waals surface area (Å²) < 4.78 is 0.829. The summed E-state index contributed by atoms with van der Waals surface area (Å²) in [5.74, 6) is 0.765. The number of nitrogens with two attached hydrogens (primary N) is 1. The second-order valence-electron chi connectivity index (χ2n) is 5.44. The van der Waals surface area contributed by atoms with Gasteiger partial charge < -0.3 is 10.6 Å². The molecule has 0 aliphatic carbocycles. The van der Waals surface area contributed by atoms with Gasteiger partial charge in [0, 0.05) is 29.8 Å². The highest BCUT2D eigenvalue weighted by atomic mass is 79.9. The highest BCUT2D eigenvalue weighted by molar-refractivity contribution is 9.10. The van der Waals surface area contributed by atoms with Gasteiger partial charge in [-0.15, -0.1) is 0 Å². The quantitative estimate of drug-likeness (QED) is 0.864. The maximum absolute atomic E-state index is 9.19. The molecule has 2 rings (SSSR count). The van der Waals surface area contributed by atoms with Crippen molar-refractivity contribution in [3.8, 4) is 6.07 Å². The van der Waals surface area contributed by atoms with Gasteiger partial charge in [0.05, 0.1) is 5.56 Å². The van der Waals surface area contributed by atoms with Crippen molar-refractivity contribution in [1.29, 1.82) is 5.26 Å². The lowest BCUT2D eigenvalue weighted by atomic mass is 9.79. The third-order valence-electron chi connectivity index (χ3n) is 3.57. The maximum atomic E-state index is 9.19. The summed E-state index contributed by atoms with van der Waals surface area (Å²) in [4.78, 5) is 6.54. The lowest BCUT2D eigenvalue weighted by Gasteiger charge is -2.43. The highest BCUT2D eigenvalue weighted by Gasteiger charge is 2.34. The molecule has 1 aliphatic rings. The maximum Gasteiger partial charge on any atom is 0.146 e. The summed E-state index contributed by atoms with van der Waals surface area (Å²) in [7, 11) is 0. The van der Waals surface area contributed by atoms with Crippen molar-refractivity contribution in [1.82, 2.24) is 4.98 Å². The topological polar surface area (TPSA) is 65.9 Å². The first-order chi connectivity index (χ1) is 8.44. The molecule has 2 N–H and O–H groups in total. The Bertz CT molecular complexity index is 492. The van der Waals surface area contributed by atoms with Crippen molar-refractivity contribution in [3.05, 3.63) is 22.3 Å². The van der Waals surface area contributed by atoms with E-state index in [2.05, 4.69) is 45.7 Å². The fourth-order valence-corrected chi connectivity index (χ4v) is 2.65. The number of nitriles is 1. The fraction of sp³-hybridized carbons (Fsp3) is 0.538. The minimum Gasteiger partial charge on any atom is -0.355 e. The molecule has 5 heteroatoms. The summed E-state index contributed by atoms with van der Waals surface area (Å²) >= 11 is 3.34. The summed E-state index contributed by atoms with van der Waals surface area (Å²) in [6.07, 6.45) is 2.66. The van der Waals surface area contributed by atoms with E-state index >= 15 is 0 Å². The predicted molar refractivity (Wildman–Crippen MR) is 75.2 cm³/mol. The standard InChI is InChI=1S/C13H17BrN4/c1-13(2)8-18(4-3-11(13)16)12-9(6-15)5-10(14)7-17-12/h5,7,11H,3-4,8,16H2,1-2H3.